The molecule has 1 aliphatic carbocycles. The molecular weight excluding hydrogens is 258 g/mol. The van der Waals surface area contributed by atoms with Gasteiger partial charge in [-0.05, 0) is 42.5 Å². The predicted molar refractivity (Wildman–Crippen MR) is 82.0 cm³/mol. The third-order valence-electron chi connectivity index (χ3n) is 4.35. The summed E-state index contributed by atoms with van der Waals surface area (Å²) in [6, 6.07) is 16.6. The van der Waals surface area contributed by atoms with Crippen LogP contribution in [0.5, 0.6) is 0 Å². The number of nitrogens with zero attached hydrogens (tertiary/aromatic N) is 2. The van der Waals surface area contributed by atoms with Crippen molar-refractivity contribution in [2.75, 3.05) is 0 Å². The van der Waals surface area contributed by atoms with Gasteiger partial charge in [0, 0.05) is 5.92 Å². The quantitative estimate of drug-likeness (QED) is 0.731. The monoisotopic (exact) mass is 273 g/mol. The number of imidazole rings is 1. The minimum Gasteiger partial charge on any atom is -0.341 e. The maximum absolute atomic E-state index is 9.21. The summed E-state index contributed by atoms with van der Waals surface area (Å²) in [6.45, 7) is 0. The van der Waals surface area contributed by atoms with E-state index in [1.165, 1.54) is 17.5 Å². The zero-order valence-electron chi connectivity index (χ0n) is 11.6. The Labute approximate surface area is 123 Å². The van der Waals surface area contributed by atoms with Crippen LogP contribution in [0.15, 0.2) is 42.5 Å². The second kappa shape index (κ2) is 4.75. The summed E-state index contributed by atoms with van der Waals surface area (Å²) in [7, 11) is 0. The molecule has 3 aromatic rings. The van der Waals surface area contributed by atoms with E-state index in [0.717, 1.165) is 29.7 Å². The summed E-state index contributed by atoms with van der Waals surface area (Å²) in [5.74, 6) is 1.30. The van der Waals surface area contributed by atoms with Gasteiger partial charge in [-0.2, -0.15) is 5.26 Å². The lowest BCUT2D eigenvalue weighted by Crippen LogP contribution is -2.12. The maximum atomic E-state index is 9.21. The van der Waals surface area contributed by atoms with Crippen LogP contribution >= 0.6 is 0 Å². The van der Waals surface area contributed by atoms with Crippen LogP contribution in [0.25, 0.3) is 11.0 Å². The zero-order valence-corrected chi connectivity index (χ0v) is 11.6. The molecule has 1 N–H and O–H groups in total. The van der Waals surface area contributed by atoms with E-state index in [-0.39, 0.29) is 0 Å². The van der Waals surface area contributed by atoms with E-state index in [1.54, 1.807) is 0 Å². The van der Waals surface area contributed by atoms with Gasteiger partial charge in [-0.3, -0.25) is 0 Å². The van der Waals surface area contributed by atoms with Crippen LogP contribution in [0, 0.1) is 11.3 Å². The van der Waals surface area contributed by atoms with E-state index in [9.17, 15) is 5.26 Å². The fourth-order valence-electron chi connectivity index (χ4n) is 3.34. The van der Waals surface area contributed by atoms with Crippen molar-refractivity contribution in [3.63, 3.8) is 0 Å². The van der Waals surface area contributed by atoms with Crippen LogP contribution in [0.3, 0.4) is 0 Å². The van der Waals surface area contributed by atoms with Gasteiger partial charge in [0.05, 0.1) is 11.1 Å². The molecule has 1 atom stereocenters. The molecule has 0 bridgehead atoms. The molecule has 3 nitrogen and oxygen atoms in total. The van der Waals surface area contributed by atoms with Gasteiger partial charge in [0.25, 0.3) is 0 Å². The third-order valence-corrected chi connectivity index (χ3v) is 4.35. The number of aromatic amines is 1. The molecule has 1 heterocycles. The van der Waals surface area contributed by atoms with Gasteiger partial charge in [0.1, 0.15) is 17.4 Å². The van der Waals surface area contributed by atoms with Gasteiger partial charge >= 0.3 is 0 Å². The molecule has 102 valence electrons. The fraction of sp³-hybridized carbons (Fsp3) is 0.222. The topological polar surface area (TPSA) is 52.5 Å². The van der Waals surface area contributed by atoms with Crippen LogP contribution in [0.2, 0.25) is 0 Å². The molecule has 0 saturated heterocycles. The van der Waals surface area contributed by atoms with E-state index >= 15 is 0 Å². The summed E-state index contributed by atoms with van der Waals surface area (Å²) in [6.07, 6.45) is 3.44. The highest BCUT2D eigenvalue weighted by atomic mass is 14.9. The standard InChI is InChI=1S/C18H15N3/c19-11-13-7-4-10-16-17(13)21-18(20-16)15-9-3-6-12-5-1-2-8-14(12)15/h1-2,4-5,7-8,10,15H,3,6,9H2,(H,20,21). The molecule has 2 aromatic carbocycles. The molecule has 0 saturated carbocycles. The first-order valence-corrected chi connectivity index (χ1v) is 7.33. The second-order valence-corrected chi connectivity index (χ2v) is 5.58. The average molecular weight is 273 g/mol. The highest BCUT2D eigenvalue weighted by molar-refractivity contribution is 5.81. The highest BCUT2D eigenvalue weighted by Crippen LogP contribution is 2.36. The van der Waals surface area contributed by atoms with Crippen LogP contribution in [-0.4, -0.2) is 9.97 Å². The zero-order chi connectivity index (χ0) is 14.2. The van der Waals surface area contributed by atoms with Gasteiger partial charge in [-0.25, -0.2) is 4.98 Å². The summed E-state index contributed by atoms with van der Waals surface area (Å²) >= 11 is 0. The third kappa shape index (κ3) is 1.92. The Morgan fingerprint density at radius 1 is 1.14 bits per heavy atom. The fourth-order valence-corrected chi connectivity index (χ4v) is 3.34. The maximum Gasteiger partial charge on any atom is 0.114 e. The molecule has 0 radical (unpaired) electrons. The number of hydrogen-bond acceptors (Lipinski definition) is 2. The first kappa shape index (κ1) is 12.2. The molecule has 1 unspecified atom stereocenters. The number of nitrogens with one attached hydrogen (secondary N) is 1. The Bertz CT molecular complexity index is 854. The minimum atomic E-state index is 0.314. The van der Waals surface area contributed by atoms with Crippen LogP contribution in [0.1, 0.15) is 41.3 Å². The van der Waals surface area contributed by atoms with Crippen LogP contribution in [0.4, 0.5) is 0 Å². The predicted octanol–water partition coefficient (Wildman–Crippen LogP) is 3.90. The average Bonchev–Trinajstić information content (AvgIpc) is 2.98. The number of benzene rings is 2. The van der Waals surface area contributed by atoms with Crippen LogP contribution < -0.4 is 0 Å². The molecule has 1 aliphatic rings. The van der Waals surface area contributed by atoms with Crippen molar-refractivity contribution in [1.29, 1.82) is 5.26 Å². The van der Waals surface area contributed by atoms with Gasteiger partial charge in [-0.1, -0.05) is 30.3 Å². The van der Waals surface area contributed by atoms with E-state index in [0.29, 0.717) is 11.5 Å². The number of hydrogen-bond donors (Lipinski definition) is 1. The number of H-pyrrole nitrogens is 1. The number of nitriles is 1. The van der Waals surface area contributed by atoms with E-state index in [2.05, 4.69) is 35.3 Å². The number of aryl methyl sites for hydroxylation is 1. The Morgan fingerprint density at radius 3 is 2.95 bits per heavy atom. The highest BCUT2D eigenvalue weighted by Gasteiger charge is 2.24. The van der Waals surface area contributed by atoms with Crippen molar-refractivity contribution in [1.82, 2.24) is 9.97 Å². The van der Waals surface area contributed by atoms with Gasteiger partial charge in [0.2, 0.25) is 0 Å². The Morgan fingerprint density at radius 2 is 2.05 bits per heavy atom. The first-order valence-electron chi connectivity index (χ1n) is 7.33. The molecule has 1 aromatic heterocycles. The summed E-state index contributed by atoms with van der Waals surface area (Å²) < 4.78 is 0. The Hall–Kier alpha value is -2.60. The number of fused-ring (bicyclic) bond motifs is 2. The van der Waals surface area contributed by atoms with Crippen molar-refractivity contribution in [3.05, 3.63) is 65.0 Å². The lowest BCUT2D eigenvalue weighted by Gasteiger charge is -2.23. The SMILES string of the molecule is N#Cc1cccc2[nH]c(C3CCCc4ccccc43)nc12. The smallest absolute Gasteiger partial charge is 0.114 e. The van der Waals surface area contributed by atoms with Gasteiger partial charge in [-0.15, -0.1) is 0 Å². The molecule has 3 heteroatoms. The van der Waals surface area contributed by atoms with E-state index in [1.807, 2.05) is 18.2 Å². The molecule has 21 heavy (non-hydrogen) atoms. The van der Waals surface area contributed by atoms with Crippen molar-refractivity contribution in [2.24, 2.45) is 0 Å². The molecular formula is C18H15N3. The lowest BCUT2D eigenvalue weighted by molar-refractivity contribution is 0.596. The van der Waals surface area contributed by atoms with Crippen molar-refractivity contribution >= 4 is 11.0 Å². The van der Waals surface area contributed by atoms with Gasteiger partial charge in [0.15, 0.2) is 0 Å². The minimum absolute atomic E-state index is 0.314. The van der Waals surface area contributed by atoms with Crippen molar-refractivity contribution < 1.29 is 0 Å². The summed E-state index contributed by atoms with van der Waals surface area (Å²) in [4.78, 5) is 8.15. The largest absolute Gasteiger partial charge is 0.341 e. The molecule has 4 rings (SSSR count). The lowest BCUT2D eigenvalue weighted by atomic mass is 9.82. The Kier molecular flexibility index (Phi) is 2.75. The normalized spacial score (nSPS) is 17.4. The van der Waals surface area contributed by atoms with Crippen molar-refractivity contribution in [3.8, 4) is 6.07 Å². The molecule has 0 aliphatic heterocycles. The Balaban J connectivity index is 1.87. The van der Waals surface area contributed by atoms with Crippen molar-refractivity contribution in [2.45, 2.75) is 25.2 Å². The number of rotatable bonds is 1. The van der Waals surface area contributed by atoms with Crippen LogP contribution in [-0.2, 0) is 6.42 Å². The molecule has 0 amide bonds. The number of para-hydroxylation sites is 1. The first-order chi connectivity index (χ1) is 10.4. The number of aromatic nitrogens is 2. The van der Waals surface area contributed by atoms with Gasteiger partial charge < -0.3 is 4.98 Å². The summed E-state index contributed by atoms with van der Waals surface area (Å²) in [5.41, 5.74) is 5.18. The van der Waals surface area contributed by atoms with E-state index < -0.39 is 0 Å². The van der Waals surface area contributed by atoms with E-state index in [4.69, 9.17) is 4.98 Å². The molecule has 0 fully saturated rings. The molecule has 0 spiro atoms. The summed E-state index contributed by atoms with van der Waals surface area (Å²) in [5, 5.41) is 9.21. The second-order valence-electron chi connectivity index (χ2n) is 5.58.